The molecule has 1 aromatic rings. The van der Waals surface area contributed by atoms with Crippen LogP contribution >= 0.6 is 0 Å². The monoisotopic (exact) mass is 212 g/mol. The molecule has 1 heterocycles. The van der Waals surface area contributed by atoms with Crippen molar-refractivity contribution >= 4 is 12.0 Å². The predicted molar refractivity (Wildman–Crippen MR) is 54.6 cm³/mol. The molecule has 0 fully saturated rings. The first-order valence-electron chi connectivity index (χ1n) is 4.14. The van der Waals surface area contributed by atoms with E-state index in [4.69, 9.17) is 5.84 Å². The standard InChI is InChI=1S/C7H12N6O2/c1-4-3-5(14)13(8)6(10-4)11-12-7(15)9-2/h3H,8H2,1-2H3,(H,10,11)(H2,9,12,15). The zero-order valence-electron chi connectivity index (χ0n) is 8.37. The second-order valence-electron chi connectivity index (χ2n) is 2.76. The maximum absolute atomic E-state index is 11.2. The van der Waals surface area contributed by atoms with Gasteiger partial charge in [0.25, 0.3) is 5.56 Å². The zero-order chi connectivity index (χ0) is 11.4. The van der Waals surface area contributed by atoms with Crippen LogP contribution in [0, 0.1) is 6.92 Å². The molecule has 5 N–H and O–H groups in total. The molecule has 15 heavy (non-hydrogen) atoms. The summed E-state index contributed by atoms with van der Waals surface area (Å²) in [6.45, 7) is 1.65. The summed E-state index contributed by atoms with van der Waals surface area (Å²) in [4.78, 5) is 26.0. The fraction of sp³-hybridized carbons (Fsp3) is 0.286. The van der Waals surface area contributed by atoms with Gasteiger partial charge in [0.15, 0.2) is 0 Å². The number of carbonyl (C=O) groups is 1. The molecule has 0 aromatic carbocycles. The Kier molecular flexibility index (Phi) is 3.11. The maximum Gasteiger partial charge on any atom is 0.333 e. The minimum Gasteiger partial charge on any atom is -0.340 e. The highest BCUT2D eigenvalue weighted by molar-refractivity contribution is 5.74. The number of aryl methyl sites for hydroxylation is 1. The number of anilines is 1. The third kappa shape index (κ3) is 2.59. The number of amides is 2. The number of hydrogen-bond donors (Lipinski definition) is 4. The van der Waals surface area contributed by atoms with E-state index in [2.05, 4.69) is 21.2 Å². The number of rotatable bonds is 2. The van der Waals surface area contributed by atoms with Crippen molar-refractivity contribution in [2.24, 2.45) is 0 Å². The highest BCUT2D eigenvalue weighted by Crippen LogP contribution is 1.95. The van der Waals surface area contributed by atoms with Gasteiger partial charge in [0.1, 0.15) is 0 Å². The molecular weight excluding hydrogens is 200 g/mol. The molecule has 0 unspecified atom stereocenters. The molecule has 0 spiro atoms. The summed E-state index contributed by atoms with van der Waals surface area (Å²) in [6, 6.07) is 0.816. The van der Waals surface area contributed by atoms with E-state index in [0.29, 0.717) is 5.69 Å². The van der Waals surface area contributed by atoms with E-state index < -0.39 is 11.6 Å². The number of nitrogen functional groups attached to an aromatic ring is 1. The minimum atomic E-state index is -0.467. The van der Waals surface area contributed by atoms with E-state index >= 15 is 0 Å². The van der Waals surface area contributed by atoms with Crippen molar-refractivity contribution in [3.05, 3.63) is 22.1 Å². The van der Waals surface area contributed by atoms with Crippen molar-refractivity contribution in [3.8, 4) is 0 Å². The van der Waals surface area contributed by atoms with Crippen LogP contribution in [0.4, 0.5) is 10.7 Å². The van der Waals surface area contributed by atoms with Crippen molar-refractivity contribution in [3.63, 3.8) is 0 Å². The minimum absolute atomic E-state index is 0.0589. The van der Waals surface area contributed by atoms with Crippen LogP contribution in [0.2, 0.25) is 0 Å². The topological polar surface area (TPSA) is 114 Å². The van der Waals surface area contributed by atoms with Gasteiger partial charge >= 0.3 is 6.03 Å². The Morgan fingerprint density at radius 1 is 1.60 bits per heavy atom. The van der Waals surface area contributed by atoms with E-state index in [1.807, 2.05) is 0 Å². The Morgan fingerprint density at radius 3 is 2.87 bits per heavy atom. The molecule has 0 saturated carbocycles. The van der Waals surface area contributed by atoms with Crippen LogP contribution in [0.3, 0.4) is 0 Å². The third-order valence-electron chi connectivity index (χ3n) is 1.60. The second kappa shape index (κ2) is 4.31. The molecule has 0 aliphatic heterocycles. The molecule has 0 aliphatic rings. The Bertz CT molecular complexity index is 426. The Labute approximate surface area is 85.4 Å². The first-order chi connectivity index (χ1) is 7.04. The Balaban J connectivity index is 2.85. The molecule has 8 nitrogen and oxygen atoms in total. The van der Waals surface area contributed by atoms with Crippen LogP contribution in [0.5, 0.6) is 0 Å². The SMILES string of the molecule is CNC(=O)NNc1nc(C)cc(=O)n1N. The number of aromatic nitrogens is 2. The van der Waals surface area contributed by atoms with Crippen molar-refractivity contribution in [2.75, 3.05) is 18.3 Å². The molecule has 1 rings (SSSR count). The van der Waals surface area contributed by atoms with E-state index in [-0.39, 0.29) is 5.95 Å². The second-order valence-corrected chi connectivity index (χ2v) is 2.76. The fourth-order valence-electron chi connectivity index (χ4n) is 0.869. The number of urea groups is 1. The normalized spacial score (nSPS) is 9.47. The van der Waals surface area contributed by atoms with Gasteiger partial charge < -0.3 is 11.2 Å². The summed E-state index contributed by atoms with van der Waals surface area (Å²) < 4.78 is 0.795. The third-order valence-corrected chi connectivity index (χ3v) is 1.60. The van der Waals surface area contributed by atoms with Gasteiger partial charge in [-0.2, -0.15) is 4.68 Å². The summed E-state index contributed by atoms with van der Waals surface area (Å²) >= 11 is 0. The summed E-state index contributed by atoms with van der Waals surface area (Å²) in [5.41, 5.74) is 4.74. The fourth-order valence-corrected chi connectivity index (χ4v) is 0.869. The lowest BCUT2D eigenvalue weighted by molar-refractivity contribution is 0.244. The summed E-state index contributed by atoms with van der Waals surface area (Å²) in [7, 11) is 1.45. The van der Waals surface area contributed by atoms with Crippen molar-refractivity contribution in [2.45, 2.75) is 6.92 Å². The van der Waals surface area contributed by atoms with Gasteiger partial charge in [0, 0.05) is 18.8 Å². The molecule has 0 atom stereocenters. The number of nitrogens with two attached hydrogens (primary N) is 1. The van der Waals surface area contributed by atoms with Gasteiger partial charge in [0.2, 0.25) is 5.95 Å². The molecule has 1 aromatic heterocycles. The van der Waals surface area contributed by atoms with Crippen LogP contribution in [-0.4, -0.2) is 22.7 Å². The maximum atomic E-state index is 11.2. The first kappa shape index (κ1) is 10.8. The first-order valence-corrected chi connectivity index (χ1v) is 4.14. The van der Waals surface area contributed by atoms with Gasteiger partial charge in [-0.1, -0.05) is 0 Å². The Hall–Kier alpha value is -2.25. The molecule has 0 radical (unpaired) electrons. The molecule has 8 heteroatoms. The average Bonchev–Trinajstić information content (AvgIpc) is 2.20. The van der Waals surface area contributed by atoms with Crippen LogP contribution in [0.25, 0.3) is 0 Å². The van der Waals surface area contributed by atoms with Crippen LogP contribution < -0.4 is 27.6 Å². The van der Waals surface area contributed by atoms with E-state index in [1.165, 1.54) is 13.1 Å². The van der Waals surface area contributed by atoms with Gasteiger partial charge in [-0.05, 0) is 6.92 Å². The highest BCUT2D eigenvalue weighted by Gasteiger charge is 2.04. The summed E-state index contributed by atoms with van der Waals surface area (Å²) in [5.74, 6) is 5.45. The van der Waals surface area contributed by atoms with Crippen molar-refractivity contribution in [1.82, 2.24) is 20.4 Å². The number of hydrazine groups is 1. The smallest absolute Gasteiger partial charge is 0.333 e. The lowest BCUT2D eigenvalue weighted by Gasteiger charge is -2.10. The molecule has 0 saturated heterocycles. The lowest BCUT2D eigenvalue weighted by Crippen LogP contribution is -2.40. The van der Waals surface area contributed by atoms with Gasteiger partial charge in [0.05, 0.1) is 0 Å². The quantitative estimate of drug-likeness (QED) is 0.352. The van der Waals surface area contributed by atoms with E-state index in [1.54, 1.807) is 6.92 Å². The molecule has 2 amide bonds. The summed E-state index contributed by atoms with van der Waals surface area (Å²) in [5, 5.41) is 2.32. The van der Waals surface area contributed by atoms with E-state index in [9.17, 15) is 9.59 Å². The van der Waals surface area contributed by atoms with Crippen LogP contribution in [0.15, 0.2) is 10.9 Å². The zero-order valence-corrected chi connectivity index (χ0v) is 8.37. The largest absolute Gasteiger partial charge is 0.340 e. The number of carbonyl (C=O) groups excluding carboxylic acids is 1. The van der Waals surface area contributed by atoms with Crippen LogP contribution in [0.1, 0.15) is 5.69 Å². The van der Waals surface area contributed by atoms with Crippen LogP contribution in [-0.2, 0) is 0 Å². The van der Waals surface area contributed by atoms with Gasteiger partial charge in [-0.3, -0.25) is 10.2 Å². The van der Waals surface area contributed by atoms with Gasteiger partial charge in [-0.25, -0.2) is 15.2 Å². The lowest BCUT2D eigenvalue weighted by atomic mass is 10.4. The predicted octanol–water partition coefficient (Wildman–Crippen LogP) is -1.48. The molecular formula is C7H12N6O2. The van der Waals surface area contributed by atoms with E-state index in [0.717, 1.165) is 4.68 Å². The number of nitrogens with one attached hydrogen (secondary N) is 3. The average molecular weight is 212 g/mol. The van der Waals surface area contributed by atoms with Crippen molar-refractivity contribution < 1.29 is 4.79 Å². The molecule has 82 valence electrons. The Morgan fingerprint density at radius 2 is 2.27 bits per heavy atom. The molecule has 0 aliphatic carbocycles. The van der Waals surface area contributed by atoms with Crippen molar-refractivity contribution in [1.29, 1.82) is 0 Å². The number of hydrogen-bond acceptors (Lipinski definition) is 5. The summed E-state index contributed by atoms with van der Waals surface area (Å²) in [6.07, 6.45) is 0. The molecule has 0 bridgehead atoms. The van der Waals surface area contributed by atoms with Gasteiger partial charge in [-0.15, -0.1) is 0 Å². The highest BCUT2D eigenvalue weighted by atomic mass is 16.2. The number of nitrogens with zero attached hydrogens (tertiary/aromatic N) is 2.